The molecule has 0 atom stereocenters. The first-order valence-electron chi connectivity index (χ1n) is 6.54. The van der Waals surface area contributed by atoms with Gasteiger partial charge in [0.05, 0.1) is 11.3 Å². The molecule has 21 heavy (non-hydrogen) atoms. The Balaban J connectivity index is 3.24. The van der Waals surface area contributed by atoms with Crippen molar-refractivity contribution in [1.82, 2.24) is 9.80 Å². The third-order valence-corrected chi connectivity index (χ3v) is 3.00. The maximum Gasteiger partial charge on any atom is 0.255 e. The number of likely N-dealkylation sites (N-methyl/N-ethyl adjacent to an activating group) is 1. The van der Waals surface area contributed by atoms with Crippen molar-refractivity contribution in [3.8, 4) is 0 Å². The first kappa shape index (κ1) is 16.7. The third kappa shape index (κ3) is 4.05. The zero-order chi connectivity index (χ0) is 16.2. The fraction of sp³-hybridized carbons (Fsp3) is 0.400. The van der Waals surface area contributed by atoms with Crippen LogP contribution in [0.5, 0.6) is 0 Å². The zero-order valence-corrected chi connectivity index (χ0v) is 13.1. The molecule has 0 heterocycles. The molecule has 0 radical (unpaired) electrons. The average Bonchev–Trinajstić information content (AvgIpc) is 2.43. The summed E-state index contributed by atoms with van der Waals surface area (Å²) in [6.45, 7) is 1.28. The van der Waals surface area contributed by atoms with E-state index in [0.717, 1.165) is 0 Å². The molecule has 1 aromatic rings. The van der Waals surface area contributed by atoms with Crippen LogP contribution in [0.4, 0.5) is 5.69 Å². The van der Waals surface area contributed by atoms with E-state index in [9.17, 15) is 14.4 Å². The largest absolute Gasteiger partial charge is 0.347 e. The Kier molecular flexibility index (Phi) is 5.46. The second-order valence-electron chi connectivity index (χ2n) is 5.11. The fourth-order valence-electron chi connectivity index (χ4n) is 1.77. The summed E-state index contributed by atoms with van der Waals surface area (Å²) in [4.78, 5) is 40.1. The number of nitrogens with zero attached hydrogens (tertiary/aromatic N) is 3. The highest BCUT2D eigenvalue weighted by molar-refractivity contribution is 6.06. The SMILES string of the molecule is CC(=O)N(CC(=O)N(C)C)c1ccccc1C(=O)N(C)C. The van der Waals surface area contributed by atoms with Gasteiger partial charge in [0.1, 0.15) is 6.54 Å². The van der Waals surface area contributed by atoms with Crippen molar-refractivity contribution in [2.75, 3.05) is 39.6 Å². The third-order valence-electron chi connectivity index (χ3n) is 3.00. The van der Waals surface area contributed by atoms with Gasteiger partial charge in [-0.25, -0.2) is 0 Å². The Labute approximate surface area is 124 Å². The Hall–Kier alpha value is -2.37. The molecule has 6 heteroatoms. The topological polar surface area (TPSA) is 60.9 Å². The molecule has 6 nitrogen and oxygen atoms in total. The van der Waals surface area contributed by atoms with Crippen LogP contribution in [0.3, 0.4) is 0 Å². The van der Waals surface area contributed by atoms with Crippen LogP contribution >= 0.6 is 0 Å². The molecule has 3 amide bonds. The van der Waals surface area contributed by atoms with E-state index in [0.29, 0.717) is 11.3 Å². The van der Waals surface area contributed by atoms with Crippen LogP contribution in [0.15, 0.2) is 24.3 Å². The molecule has 0 saturated heterocycles. The Morgan fingerprint density at radius 1 is 0.952 bits per heavy atom. The molecule has 1 aromatic carbocycles. The van der Waals surface area contributed by atoms with Crippen LogP contribution in [0, 0.1) is 0 Å². The summed E-state index contributed by atoms with van der Waals surface area (Å²) >= 11 is 0. The van der Waals surface area contributed by atoms with E-state index in [1.54, 1.807) is 52.5 Å². The molecule has 1 rings (SSSR count). The lowest BCUT2D eigenvalue weighted by molar-refractivity contribution is -0.129. The predicted molar refractivity (Wildman–Crippen MR) is 81.2 cm³/mol. The lowest BCUT2D eigenvalue weighted by Gasteiger charge is -2.25. The standard InChI is InChI=1S/C15H21N3O3/c1-11(19)18(10-14(20)16(2)3)13-9-7-6-8-12(13)15(21)17(4)5/h6-9H,10H2,1-5H3. The van der Waals surface area contributed by atoms with Crippen LogP contribution in [-0.4, -0.2) is 62.3 Å². The number of carbonyl (C=O) groups excluding carboxylic acids is 3. The van der Waals surface area contributed by atoms with Crippen molar-refractivity contribution in [2.24, 2.45) is 0 Å². The molecule has 0 aromatic heterocycles. The normalized spacial score (nSPS) is 9.95. The summed E-state index contributed by atoms with van der Waals surface area (Å²) in [6, 6.07) is 6.78. The molecule has 0 aliphatic rings. The van der Waals surface area contributed by atoms with E-state index < -0.39 is 0 Å². The van der Waals surface area contributed by atoms with E-state index in [1.807, 2.05) is 0 Å². The number of anilines is 1. The zero-order valence-electron chi connectivity index (χ0n) is 13.1. The quantitative estimate of drug-likeness (QED) is 0.825. The van der Waals surface area contributed by atoms with E-state index in [1.165, 1.54) is 21.6 Å². The lowest BCUT2D eigenvalue weighted by atomic mass is 10.1. The highest BCUT2D eigenvalue weighted by Crippen LogP contribution is 2.22. The van der Waals surface area contributed by atoms with Gasteiger partial charge in [-0.1, -0.05) is 12.1 Å². The van der Waals surface area contributed by atoms with Gasteiger partial charge >= 0.3 is 0 Å². The first-order chi connectivity index (χ1) is 9.75. The van der Waals surface area contributed by atoms with Crippen molar-refractivity contribution >= 4 is 23.4 Å². The average molecular weight is 291 g/mol. The van der Waals surface area contributed by atoms with Crippen LogP contribution < -0.4 is 4.90 Å². The molecular formula is C15H21N3O3. The van der Waals surface area contributed by atoms with Gasteiger partial charge in [0.15, 0.2) is 0 Å². The maximum atomic E-state index is 12.2. The van der Waals surface area contributed by atoms with Crippen molar-refractivity contribution in [1.29, 1.82) is 0 Å². The monoisotopic (exact) mass is 291 g/mol. The van der Waals surface area contributed by atoms with Crippen molar-refractivity contribution in [2.45, 2.75) is 6.92 Å². The van der Waals surface area contributed by atoms with Crippen LogP contribution in [0.25, 0.3) is 0 Å². The number of hydrogen-bond acceptors (Lipinski definition) is 3. The lowest BCUT2D eigenvalue weighted by Crippen LogP contribution is -2.40. The molecule has 0 unspecified atom stereocenters. The summed E-state index contributed by atoms with van der Waals surface area (Å²) < 4.78 is 0. The van der Waals surface area contributed by atoms with Gasteiger partial charge in [0.2, 0.25) is 11.8 Å². The van der Waals surface area contributed by atoms with Gasteiger partial charge in [0, 0.05) is 35.1 Å². The van der Waals surface area contributed by atoms with Gasteiger partial charge in [-0.05, 0) is 12.1 Å². The minimum atomic E-state index is -0.288. The van der Waals surface area contributed by atoms with Gasteiger partial charge in [0.25, 0.3) is 5.91 Å². The summed E-state index contributed by atoms with van der Waals surface area (Å²) in [5.41, 5.74) is 0.836. The van der Waals surface area contributed by atoms with Gasteiger partial charge < -0.3 is 14.7 Å². The van der Waals surface area contributed by atoms with E-state index in [-0.39, 0.29) is 24.3 Å². The number of rotatable bonds is 4. The highest BCUT2D eigenvalue weighted by Gasteiger charge is 2.22. The molecule has 0 aliphatic carbocycles. The minimum absolute atomic E-state index is 0.0972. The molecule has 0 aliphatic heterocycles. The molecule has 0 saturated carbocycles. The number of amides is 3. The predicted octanol–water partition coefficient (Wildman–Crippen LogP) is 0.829. The summed E-state index contributed by atoms with van der Waals surface area (Å²) in [5, 5.41) is 0. The Morgan fingerprint density at radius 2 is 1.52 bits per heavy atom. The molecule has 0 spiro atoms. The number of para-hydroxylation sites is 1. The Morgan fingerprint density at radius 3 is 2.00 bits per heavy atom. The van der Waals surface area contributed by atoms with Crippen molar-refractivity contribution < 1.29 is 14.4 Å². The first-order valence-corrected chi connectivity index (χ1v) is 6.54. The van der Waals surface area contributed by atoms with Gasteiger partial charge in [-0.3, -0.25) is 14.4 Å². The van der Waals surface area contributed by atoms with Gasteiger partial charge in [-0.15, -0.1) is 0 Å². The van der Waals surface area contributed by atoms with Crippen LogP contribution in [0.1, 0.15) is 17.3 Å². The molecule has 0 fully saturated rings. The fourth-order valence-corrected chi connectivity index (χ4v) is 1.77. The minimum Gasteiger partial charge on any atom is -0.347 e. The molecule has 114 valence electrons. The number of benzene rings is 1. The number of hydrogen-bond donors (Lipinski definition) is 0. The summed E-state index contributed by atoms with van der Waals surface area (Å²) in [5.74, 6) is -0.712. The van der Waals surface area contributed by atoms with E-state index in [2.05, 4.69) is 0 Å². The summed E-state index contributed by atoms with van der Waals surface area (Å²) in [6.07, 6.45) is 0. The molecule has 0 N–H and O–H groups in total. The summed E-state index contributed by atoms with van der Waals surface area (Å²) in [7, 11) is 6.53. The second-order valence-corrected chi connectivity index (χ2v) is 5.11. The maximum absolute atomic E-state index is 12.2. The Bertz CT molecular complexity index is 553. The van der Waals surface area contributed by atoms with E-state index in [4.69, 9.17) is 0 Å². The van der Waals surface area contributed by atoms with Crippen LogP contribution in [-0.2, 0) is 9.59 Å². The highest BCUT2D eigenvalue weighted by atomic mass is 16.2. The second kappa shape index (κ2) is 6.88. The van der Waals surface area contributed by atoms with Crippen molar-refractivity contribution in [3.63, 3.8) is 0 Å². The van der Waals surface area contributed by atoms with Gasteiger partial charge in [-0.2, -0.15) is 0 Å². The number of carbonyl (C=O) groups is 3. The van der Waals surface area contributed by atoms with Crippen LogP contribution in [0.2, 0.25) is 0 Å². The van der Waals surface area contributed by atoms with E-state index >= 15 is 0 Å². The molecule has 0 bridgehead atoms. The van der Waals surface area contributed by atoms with Crippen molar-refractivity contribution in [3.05, 3.63) is 29.8 Å². The smallest absolute Gasteiger partial charge is 0.255 e. The molecular weight excluding hydrogens is 270 g/mol.